The van der Waals surface area contributed by atoms with E-state index in [9.17, 15) is 4.79 Å². The summed E-state index contributed by atoms with van der Waals surface area (Å²) in [5.74, 6) is 0. The van der Waals surface area contributed by atoms with Crippen molar-refractivity contribution in [3.05, 3.63) is 117 Å². The lowest BCUT2D eigenvalue weighted by molar-refractivity contribution is 0.536. The Hall–Kier alpha value is -5.47. The van der Waals surface area contributed by atoms with E-state index in [0.29, 0.717) is 15.9 Å². The van der Waals surface area contributed by atoms with Crippen LogP contribution in [0.4, 0.5) is 6.01 Å². The van der Waals surface area contributed by atoms with Crippen molar-refractivity contribution in [1.82, 2.24) is 24.7 Å². The molecule has 0 saturated heterocycles. The van der Waals surface area contributed by atoms with Gasteiger partial charge in [-0.05, 0) is 48.9 Å². The zero-order valence-corrected chi connectivity index (χ0v) is 23.0. The first kappa shape index (κ1) is 24.3. The summed E-state index contributed by atoms with van der Waals surface area (Å²) in [5.41, 5.74) is 6.92. The average molecular weight is 569 g/mol. The summed E-state index contributed by atoms with van der Waals surface area (Å²) >= 11 is 6.36. The van der Waals surface area contributed by atoms with Crippen molar-refractivity contribution in [3.8, 4) is 17.3 Å². The molecular formula is C33H21ClN6O2. The van der Waals surface area contributed by atoms with E-state index in [2.05, 4.69) is 50.3 Å². The maximum atomic E-state index is 13.8. The highest BCUT2D eigenvalue weighted by Gasteiger charge is 2.21. The molecule has 9 heteroatoms. The molecule has 0 saturated carbocycles. The Labute approximate surface area is 242 Å². The molecule has 4 heterocycles. The Morgan fingerprint density at radius 2 is 1.60 bits per heavy atom. The molecule has 0 aliphatic rings. The molecular weight excluding hydrogens is 548 g/mol. The van der Waals surface area contributed by atoms with Crippen molar-refractivity contribution in [2.75, 3.05) is 0 Å². The van der Waals surface area contributed by atoms with Crippen LogP contribution < -0.4 is 5.56 Å². The molecule has 0 radical (unpaired) electrons. The molecule has 0 bridgehead atoms. The summed E-state index contributed by atoms with van der Waals surface area (Å²) in [6.45, 7) is 2.06. The molecule has 0 fully saturated rings. The number of pyridine rings is 1. The number of nitrogens with one attached hydrogen (secondary N) is 2. The van der Waals surface area contributed by atoms with Gasteiger partial charge in [0.2, 0.25) is 0 Å². The van der Waals surface area contributed by atoms with Crippen LogP contribution in [0.15, 0.2) is 105 Å². The quantitative estimate of drug-likeness (QED) is 0.211. The van der Waals surface area contributed by atoms with Gasteiger partial charge >= 0.3 is 12.0 Å². The Bertz CT molecular complexity index is 2410. The van der Waals surface area contributed by atoms with Crippen molar-refractivity contribution in [3.63, 3.8) is 0 Å². The molecule has 8 aromatic rings. The molecule has 0 aliphatic carbocycles. The van der Waals surface area contributed by atoms with Gasteiger partial charge in [-0.15, -0.1) is 0 Å². The summed E-state index contributed by atoms with van der Waals surface area (Å²) in [5, 5.41) is 12.1. The van der Waals surface area contributed by atoms with Gasteiger partial charge in [-0.2, -0.15) is 0 Å². The monoisotopic (exact) mass is 568 g/mol. The highest BCUT2D eigenvalue weighted by molar-refractivity contribution is 6.32. The van der Waals surface area contributed by atoms with Crippen LogP contribution in [0, 0.1) is 6.92 Å². The van der Waals surface area contributed by atoms with Crippen LogP contribution >= 0.6 is 11.6 Å². The molecule has 0 spiro atoms. The van der Waals surface area contributed by atoms with Gasteiger partial charge in [0, 0.05) is 49.4 Å². The van der Waals surface area contributed by atoms with Gasteiger partial charge in [-0.1, -0.05) is 82.0 Å². The number of hydrogen-bond acceptors (Lipinski definition) is 5. The lowest BCUT2D eigenvalue weighted by Crippen LogP contribution is -2.19. The number of halogens is 1. The van der Waals surface area contributed by atoms with Crippen molar-refractivity contribution in [1.29, 1.82) is 0 Å². The van der Waals surface area contributed by atoms with Crippen LogP contribution in [-0.4, -0.2) is 30.9 Å². The normalized spacial score (nSPS) is 12.0. The molecule has 0 unspecified atom stereocenters. The number of benzene rings is 4. The summed E-state index contributed by atoms with van der Waals surface area (Å²) < 4.78 is 7.46. The number of aromatic amines is 2. The van der Waals surface area contributed by atoms with Gasteiger partial charge in [0.1, 0.15) is 0 Å². The molecule has 0 aliphatic heterocycles. The Balaban J connectivity index is 1.30. The lowest BCUT2D eigenvalue weighted by Gasteiger charge is -2.06. The van der Waals surface area contributed by atoms with E-state index in [1.807, 2.05) is 60.7 Å². The van der Waals surface area contributed by atoms with Gasteiger partial charge < -0.3 is 14.4 Å². The Morgan fingerprint density at radius 3 is 2.45 bits per heavy atom. The van der Waals surface area contributed by atoms with Crippen molar-refractivity contribution < 1.29 is 4.42 Å². The number of hydrogen-bond donors (Lipinski definition) is 2. The molecule has 4 aromatic heterocycles. The fourth-order valence-corrected chi connectivity index (χ4v) is 5.80. The number of aromatic nitrogens is 5. The highest BCUT2D eigenvalue weighted by Crippen LogP contribution is 2.33. The zero-order chi connectivity index (χ0) is 28.4. The third-order valence-corrected chi connectivity index (χ3v) is 7.78. The third-order valence-electron chi connectivity index (χ3n) is 7.54. The molecule has 8 nitrogen and oxygen atoms in total. The number of aliphatic imine (C=N–C) groups is 1. The van der Waals surface area contributed by atoms with Gasteiger partial charge in [0.15, 0.2) is 0 Å². The summed E-state index contributed by atoms with van der Waals surface area (Å²) in [7, 11) is 0. The van der Waals surface area contributed by atoms with E-state index >= 15 is 0 Å². The van der Waals surface area contributed by atoms with Gasteiger partial charge in [0.25, 0.3) is 5.56 Å². The minimum Gasteiger partial charge on any atom is -0.387 e. The van der Waals surface area contributed by atoms with Crippen LogP contribution in [0.5, 0.6) is 0 Å². The summed E-state index contributed by atoms with van der Waals surface area (Å²) in [6.07, 6.45) is 1.72. The van der Waals surface area contributed by atoms with E-state index in [1.54, 1.807) is 18.3 Å². The maximum absolute atomic E-state index is 13.8. The second-order valence-corrected chi connectivity index (χ2v) is 10.6. The number of H-pyrrole nitrogens is 2. The summed E-state index contributed by atoms with van der Waals surface area (Å²) in [4.78, 5) is 25.4. The first-order valence-electron chi connectivity index (χ1n) is 13.4. The topological polar surface area (TPSA) is 105 Å². The van der Waals surface area contributed by atoms with E-state index in [-0.39, 0.29) is 17.6 Å². The number of rotatable bonds is 4. The van der Waals surface area contributed by atoms with Crippen molar-refractivity contribution >= 4 is 67.4 Å². The summed E-state index contributed by atoms with van der Waals surface area (Å²) in [6, 6.07) is 29.3. The maximum Gasteiger partial charge on any atom is 0.343 e. The van der Waals surface area contributed by atoms with E-state index in [4.69, 9.17) is 16.0 Å². The second-order valence-electron chi connectivity index (χ2n) is 10.2. The first-order chi connectivity index (χ1) is 20.5. The van der Waals surface area contributed by atoms with Gasteiger partial charge in [-0.25, -0.2) is 9.56 Å². The van der Waals surface area contributed by atoms with E-state index in [0.717, 1.165) is 55.1 Å². The molecule has 4 aromatic carbocycles. The van der Waals surface area contributed by atoms with Crippen LogP contribution in [-0.2, 0) is 0 Å². The smallest absolute Gasteiger partial charge is 0.343 e. The van der Waals surface area contributed by atoms with Crippen LogP contribution in [0.1, 0.15) is 11.1 Å². The van der Waals surface area contributed by atoms with Crippen LogP contribution in [0.2, 0.25) is 5.02 Å². The SMILES string of the molecule is Cc1ccc2[nH]c(-c3ccccc3)c(C=Nc3nnc(-n4c(=O)c5ccccc5c5[nH]c6ccc(Cl)cc6c54)o3)c2c1. The molecule has 0 amide bonds. The minimum absolute atomic E-state index is 0.0156. The van der Waals surface area contributed by atoms with Gasteiger partial charge in [-0.3, -0.25) is 4.79 Å². The molecule has 0 atom stereocenters. The zero-order valence-electron chi connectivity index (χ0n) is 22.2. The molecule has 202 valence electrons. The fourth-order valence-electron chi connectivity index (χ4n) is 5.63. The Kier molecular flexibility index (Phi) is 5.38. The number of fused-ring (bicyclic) bond motifs is 6. The van der Waals surface area contributed by atoms with Crippen molar-refractivity contribution in [2.24, 2.45) is 4.99 Å². The lowest BCUT2D eigenvalue weighted by atomic mass is 10.0. The molecule has 42 heavy (non-hydrogen) atoms. The third kappa shape index (κ3) is 3.77. The predicted octanol–water partition coefficient (Wildman–Crippen LogP) is 7.87. The van der Waals surface area contributed by atoms with Crippen LogP contribution in [0.3, 0.4) is 0 Å². The predicted molar refractivity (Wildman–Crippen MR) is 167 cm³/mol. The molecule has 8 rings (SSSR count). The van der Waals surface area contributed by atoms with Crippen LogP contribution in [0.25, 0.3) is 60.9 Å². The van der Waals surface area contributed by atoms with Gasteiger partial charge in [0.05, 0.1) is 16.7 Å². The largest absolute Gasteiger partial charge is 0.387 e. The highest BCUT2D eigenvalue weighted by atomic mass is 35.5. The fraction of sp³-hybridized carbons (Fsp3) is 0.0303. The van der Waals surface area contributed by atoms with Crippen molar-refractivity contribution in [2.45, 2.75) is 6.92 Å². The minimum atomic E-state index is -0.281. The number of aryl methyl sites for hydroxylation is 1. The first-order valence-corrected chi connectivity index (χ1v) is 13.7. The molecule has 2 N–H and O–H groups in total. The number of nitrogens with zero attached hydrogens (tertiary/aromatic N) is 4. The standard InChI is InChI=1S/C33H21ClN6O2/c1-18-11-13-26-23(15-18)25(28(36-26)19-7-3-2-4-8-19)17-35-32-38-39-33(42-32)40-30-24-16-20(34)12-14-27(24)37-29(30)21-9-5-6-10-22(21)31(40)41/h2-17,36-37H,1H3. The van der Waals surface area contributed by atoms with E-state index < -0.39 is 0 Å². The Morgan fingerprint density at radius 1 is 0.833 bits per heavy atom. The van der Waals surface area contributed by atoms with E-state index in [1.165, 1.54) is 4.57 Å². The second kappa shape index (κ2) is 9.29. The average Bonchev–Trinajstić information content (AvgIpc) is 3.73.